The Bertz CT molecular complexity index is 1920. The summed E-state index contributed by atoms with van der Waals surface area (Å²) in [6.07, 6.45) is -0.625. The van der Waals surface area contributed by atoms with E-state index in [1.165, 1.54) is 4.90 Å². The zero-order valence-electron chi connectivity index (χ0n) is 33.8. The number of nitrogens with two attached hydrogens (primary N) is 1. The number of ketones is 1. The van der Waals surface area contributed by atoms with Crippen molar-refractivity contribution in [3.8, 4) is 0 Å². The van der Waals surface area contributed by atoms with Gasteiger partial charge in [-0.2, -0.15) is 0 Å². The SMILES string of the molecule is CCCC(NC(=O)C1CC(OCc2ccccc2)CN1C(=O)C(NC(=O)OCC(C)C)C(C)C)C(=O)C(=O)NCC(=O)NC(Cc1ccc2ccccc2c1)C(N)=O. The third-order valence-corrected chi connectivity index (χ3v) is 9.71. The highest BCUT2D eigenvalue weighted by atomic mass is 16.5. The van der Waals surface area contributed by atoms with Gasteiger partial charge in [0.15, 0.2) is 0 Å². The lowest BCUT2D eigenvalue weighted by Crippen LogP contribution is -2.57. The van der Waals surface area contributed by atoms with E-state index >= 15 is 0 Å². The van der Waals surface area contributed by atoms with Crippen molar-refractivity contribution in [2.45, 2.75) is 97.2 Å². The Hall–Kier alpha value is -5.83. The number of amides is 6. The summed E-state index contributed by atoms with van der Waals surface area (Å²) in [5.41, 5.74) is 7.24. The van der Waals surface area contributed by atoms with Crippen LogP contribution in [0.15, 0.2) is 72.8 Å². The number of rotatable bonds is 20. The summed E-state index contributed by atoms with van der Waals surface area (Å²) in [4.78, 5) is 93.7. The van der Waals surface area contributed by atoms with Crippen LogP contribution >= 0.6 is 0 Å². The van der Waals surface area contributed by atoms with Gasteiger partial charge in [0, 0.05) is 19.4 Å². The first-order chi connectivity index (χ1) is 27.7. The number of likely N-dealkylation sites (tertiary alicyclic amines) is 1. The average molecular weight is 801 g/mol. The maximum Gasteiger partial charge on any atom is 0.407 e. The zero-order valence-corrected chi connectivity index (χ0v) is 33.8. The first-order valence-corrected chi connectivity index (χ1v) is 19.7. The minimum absolute atomic E-state index is 0.0326. The van der Waals surface area contributed by atoms with Crippen molar-refractivity contribution >= 4 is 52.2 Å². The minimum atomic E-state index is -1.28. The first-order valence-electron chi connectivity index (χ1n) is 19.7. The fourth-order valence-electron chi connectivity index (χ4n) is 6.60. The van der Waals surface area contributed by atoms with Crippen LogP contribution in [-0.2, 0) is 51.3 Å². The van der Waals surface area contributed by atoms with Crippen LogP contribution in [0, 0.1) is 11.8 Å². The molecule has 0 bridgehead atoms. The normalized spacial score (nSPS) is 16.6. The fourth-order valence-corrected chi connectivity index (χ4v) is 6.60. The number of ether oxygens (including phenoxy) is 2. The number of carbonyl (C=O) groups is 7. The molecule has 1 saturated heterocycles. The molecular formula is C43H56N6O9. The summed E-state index contributed by atoms with van der Waals surface area (Å²) in [7, 11) is 0. The molecule has 0 spiro atoms. The Morgan fingerprint density at radius 2 is 1.52 bits per heavy atom. The summed E-state index contributed by atoms with van der Waals surface area (Å²) in [6.45, 7) is 8.83. The molecule has 1 fully saturated rings. The fraction of sp³-hybridized carbons (Fsp3) is 0.465. The Morgan fingerprint density at radius 1 is 0.828 bits per heavy atom. The number of hydrogen-bond donors (Lipinski definition) is 5. The smallest absolute Gasteiger partial charge is 0.407 e. The third-order valence-electron chi connectivity index (χ3n) is 9.71. The molecule has 58 heavy (non-hydrogen) atoms. The van der Waals surface area contributed by atoms with Crippen molar-refractivity contribution in [1.82, 2.24) is 26.2 Å². The summed E-state index contributed by atoms with van der Waals surface area (Å²) in [5, 5.41) is 12.1. The van der Waals surface area contributed by atoms with E-state index in [2.05, 4.69) is 21.3 Å². The predicted octanol–water partition coefficient (Wildman–Crippen LogP) is 2.92. The van der Waals surface area contributed by atoms with E-state index in [-0.39, 0.29) is 50.9 Å². The lowest BCUT2D eigenvalue weighted by Gasteiger charge is -2.31. The van der Waals surface area contributed by atoms with Gasteiger partial charge >= 0.3 is 6.09 Å². The maximum atomic E-state index is 14.1. The molecule has 1 heterocycles. The molecular weight excluding hydrogens is 745 g/mol. The standard InChI is InChI=1S/C43H56N6O9/c1-6-12-33(38(51)41(54)45-22-36(50)46-34(39(44)52)20-29-17-18-30-15-10-11-16-31(30)19-29)47-40(53)35-21-32(57-25-28-13-8-7-9-14-28)23-49(35)42(55)37(27(4)5)48-43(56)58-24-26(2)3/h7-11,13-19,26-27,32-35,37H,6,12,20-25H2,1-5H3,(H2,44,52)(H,45,54)(H,46,50)(H,47,53)(H,48,56). The highest BCUT2D eigenvalue weighted by Gasteiger charge is 2.44. The molecule has 3 aromatic carbocycles. The molecule has 1 aliphatic heterocycles. The number of alkyl carbamates (subject to hydrolysis) is 1. The van der Waals surface area contributed by atoms with Crippen LogP contribution in [0.2, 0.25) is 0 Å². The summed E-state index contributed by atoms with van der Waals surface area (Å²) < 4.78 is 11.4. The van der Waals surface area contributed by atoms with Crippen molar-refractivity contribution in [3.63, 3.8) is 0 Å². The summed E-state index contributed by atoms with van der Waals surface area (Å²) in [5.74, 6) is -5.14. The van der Waals surface area contributed by atoms with Crippen LogP contribution in [0.3, 0.4) is 0 Å². The number of benzene rings is 3. The van der Waals surface area contributed by atoms with Gasteiger partial charge in [0.2, 0.25) is 29.4 Å². The largest absolute Gasteiger partial charge is 0.449 e. The third kappa shape index (κ3) is 13.1. The maximum absolute atomic E-state index is 14.1. The van der Waals surface area contributed by atoms with Crippen molar-refractivity contribution in [1.29, 1.82) is 0 Å². The molecule has 6 amide bonds. The molecule has 4 rings (SSSR count). The number of Topliss-reactive ketones (excluding diaryl/α,β-unsaturated/α-hetero) is 1. The van der Waals surface area contributed by atoms with Gasteiger partial charge in [-0.3, -0.25) is 28.8 Å². The Balaban J connectivity index is 1.41. The van der Waals surface area contributed by atoms with Crippen molar-refractivity contribution in [2.24, 2.45) is 17.6 Å². The Morgan fingerprint density at radius 3 is 2.17 bits per heavy atom. The molecule has 0 aromatic heterocycles. The van der Waals surface area contributed by atoms with E-state index in [9.17, 15) is 33.6 Å². The molecule has 15 nitrogen and oxygen atoms in total. The van der Waals surface area contributed by atoms with Crippen LogP contribution in [0.1, 0.15) is 65.0 Å². The van der Waals surface area contributed by atoms with Crippen molar-refractivity contribution in [3.05, 3.63) is 83.9 Å². The van der Waals surface area contributed by atoms with Gasteiger partial charge in [-0.05, 0) is 40.2 Å². The molecule has 5 atom stereocenters. The van der Waals surface area contributed by atoms with E-state index in [4.69, 9.17) is 15.2 Å². The molecule has 5 unspecified atom stereocenters. The van der Waals surface area contributed by atoms with E-state index in [0.717, 1.165) is 21.9 Å². The number of hydrogen-bond acceptors (Lipinski definition) is 9. The second-order valence-electron chi connectivity index (χ2n) is 15.3. The summed E-state index contributed by atoms with van der Waals surface area (Å²) in [6, 6.07) is 18.2. The van der Waals surface area contributed by atoms with E-state index in [1.807, 2.05) is 86.6 Å². The van der Waals surface area contributed by atoms with Gasteiger partial charge in [0.1, 0.15) is 18.1 Å². The lowest BCUT2D eigenvalue weighted by molar-refractivity contribution is -0.143. The van der Waals surface area contributed by atoms with Gasteiger partial charge in [-0.15, -0.1) is 0 Å². The Labute approximate surface area is 339 Å². The average Bonchev–Trinajstić information content (AvgIpc) is 3.64. The van der Waals surface area contributed by atoms with Gasteiger partial charge in [-0.1, -0.05) is 114 Å². The quantitative estimate of drug-likeness (QED) is 0.106. The zero-order chi connectivity index (χ0) is 42.4. The molecule has 312 valence electrons. The van der Waals surface area contributed by atoms with Crippen LogP contribution in [0.4, 0.5) is 4.79 Å². The number of carbonyl (C=O) groups excluding carboxylic acids is 7. The van der Waals surface area contributed by atoms with E-state index in [0.29, 0.717) is 6.42 Å². The Kier molecular flexibility index (Phi) is 16.7. The lowest BCUT2D eigenvalue weighted by atomic mass is 10.0. The number of nitrogens with one attached hydrogen (secondary N) is 4. The molecule has 1 aliphatic rings. The molecule has 6 N–H and O–H groups in total. The highest BCUT2D eigenvalue weighted by molar-refractivity contribution is 6.38. The van der Waals surface area contributed by atoms with Gasteiger partial charge in [-0.25, -0.2) is 4.79 Å². The number of primary amides is 1. The highest BCUT2D eigenvalue weighted by Crippen LogP contribution is 2.25. The predicted molar refractivity (Wildman–Crippen MR) is 217 cm³/mol. The van der Waals surface area contributed by atoms with E-state index in [1.54, 1.807) is 20.8 Å². The minimum Gasteiger partial charge on any atom is -0.449 e. The van der Waals surface area contributed by atoms with Crippen LogP contribution in [-0.4, -0.2) is 96.3 Å². The molecule has 0 radical (unpaired) electrons. The summed E-state index contributed by atoms with van der Waals surface area (Å²) >= 11 is 0. The number of nitrogens with zero attached hydrogens (tertiary/aromatic N) is 1. The topological polar surface area (TPSA) is 215 Å². The van der Waals surface area contributed by atoms with Gasteiger partial charge in [0.05, 0.1) is 31.9 Å². The van der Waals surface area contributed by atoms with Crippen LogP contribution < -0.4 is 27.0 Å². The second-order valence-corrected chi connectivity index (χ2v) is 15.3. The second kappa shape index (κ2) is 21.6. The molecule has 3 aromatic rings. The van der Waals surface area contributed by atoms with Crippen LogP contribution in [0.5, 0.6) is 0 Å². The van der Waals surface area contributed by atoms with Gasteiger partial charge < -0.3 is 41.4 Å². The van der Waals surface area contributed by atoms with E-state index < -0.39 is 78.2 Å². The molecule has 0 aliphatic carbocycles. The molecule has 0 saturated carbocycles. The van der Waals surface area contributed by atoms with Crippen LogP contribution in [0.25, 0.3) is 10.8 Å². The molecule has 15 heteroatoms. The number of fused-ring (bicyclic) bond motifs is 1. The van der Waals surface area contributed by atoms with Crippen molar-refractivity contribution in [2.75, 3.05) is 19.7 Å². The van der Waals surface area contributed by atoms with Gasteiger partial charge in [0.25, 0.3) is 5.91 Å². The van der Waals surface area contributed by atoms with Crippen molar-refractivity contribution < 1.29 is 43.0 Å². The monoisotopic (exact) mass is 800 g/mol. The first kappa shape index (κ1) is 44.9.